The summed E-state index contributed by atoms with van der Waals surface area (Å²) in [4.78, 5) is 0. The van der Waals surface area contributed by atoms with Gasteiger partial charge in [-0.25, -0.2) is 0 Å². The summed E-state index contributed by atoms with van der Waals surface area (Å²) in [6.45, 7) is 23.7. The van der Waals surface area contributed by atoms with Crippen molar-refractivity contribution >= 4 is 14.1 Å². The maximum Gasteiger partial charge on any atom is 0.250 e. The highest BCUT2D eigenvalue weighted by Crippen LogP contribution is 2.38. The molecule has 0 N–H and O–H groups in total. The first-order valence-electron chi connectivity index (χ1n) is 13.6. The minimum Gasteiger partial charge on any atom is -0.543 e. The molecule has 0 aliphatic heterocycles. The van der Waals surface area contributed by atoms with Gasteiger partial charge in [0, 0.05) is 5.56 Å². The van der Waals surface area contributed by atoms with E-state index in [4.69, 9.17) is 9.16 Å². The van der Waals surface area contributed by atoms with Gasteiger partial charge in [-0.3, -0.25) is 0 Å². The molecule has 0 saturated heterocycles. The third kappa shape index (κ3) is 10.3. The average molecular weight is 475 g/mol. The Bertz CT molecular complexity index is 700. The van der Waals surface area contributed by atoms with Gasteiger partial charge in [-0.1, -0.05) is 112 Å². The number of rotatable bonds is 15. The summed E-state index contributed by atoms with van der Waals surface area (Å²) < 4.78 is 13.2. The average Bonchev–Trinajstić information content (AvgIpc) is 2.70. The molecule has 1 aromatic carbocycles. The maximum atomic E-state index is 6.62. The van der Waals surface area contributed by atoms with Gasteiger partial charge in [-0.2, -0.15) is 0 Å². The van der Waals surface area contributed by atoms with Gasteiger partial charge in [0.1, 0.15) is 11.5 Å². The van der Waals surface area contributed by atoms with E-state index in [1.54, 1.807) is 0 Å². The van der Waals surface area contributed by atoms with Crippen LogP contribution in [0.4, 0.5) is 0 Å². The Morgan fingerprint density at radius 1 is 0.848 bits per heavy atom. The highest BCUT2D eigenvalue weighted by Gasteiger charge is 2.39. The van der Waals surface area contributed by atoms with Gasteiger partial charge >= 0.3 is 0 Å². The summed E-state index contributed by atoms with van der Waals surface area (Å²) in [6.07, 6.45) is 10.5. The second kappa shape index (κ2) is 14.2. The lowest BCUT2D eigenvalue weighted by atomic mass is 9.89. The van der Waals surface area contributed by atoms with Gasteiger partial charge < -0.3 is 9.16 Å². The number of ether oxygens (including phenoxy) is 1. The van der Waals surface area contributed by atoms with Gasteiger partial charge in [-0.05, 0) is 54.1 Å². The summed E-state index contributed by atoms with van der Waals surface area (Å²) in [5, 5.41) is 0.176. The number of hydrogen-bond acceptors (Lipinski definition) is 2. The molecule has 0 saturated carbocycles. The van der Waals surface area contributed by atoms with E-state index in [9.17, 15) is 0 Å². The molecule has 0 heterocycles. The molecule has 190 valence electrons. The van der Waals surface area contributed by atoms with Crippen molar-refractivity contribution in [2.75, 3.05) is 6.61 Å². The van der Waals surface area contributed by atoms with Crippen LogP contribution in [0.5, 0.6) is 5.75 Å². The molecule has 1 rings (SSSR count). The third-order valence-electron chi connectivity index (χ3n) is 7.03. The molecule has 0 aliphatic carbocycles. The van der Waals surface area contributed by atoms with E-state index < -0.39 is 8.32 Å². The Balaban J connectivity index is 2.96. The zero-order valence-corrected chi connectivity index (χ0v) is 24.6. The van der Waals surface area contributed by atoms with Crippen molar-refractivity contribution in [2.45, 2.75) is 125 Å². The van der Waals surface area contributed by atoms with E-state index in [1.165, 1.54) is 50.5 Å². The van der Waals surface area contributed by atoms with Crippen molar-refractivity contribution in [2.24, 2.45) is 11.8 Å². The van der Waals surface area contributed by atoms with Crippen LogP contribution in [0.1, 0.15) is 112 Å². The second-order valence-corrected chi connectivity index (χ2v) is 16.5. The topological polar surface area (TPSA) is 18.5 Å². The molecule has 0 aromatic heterocycles. The van der Waals surface area contributed by atoms with Crippen LogP contribution >= 0.6 is 0 Å². The SMILES string of the molecule is CCCCCCCCCCOC(=C(C(C)C)C(C)C)c1cccc(O[Si](C)(C)C(C)(C)C)c1. The normalized spacial score (nSPS) is 12.4. The van der Waals surface area contributed by atoms with Crippen LogP contribution < -0.4 is 4.43 Å². The second-order valence-electron chi connectivity index (χ2n) is 11.8. The lowest BCUT2D eigenvalue weighted by molar-refractivity contribution is 0.259. The van der Waals surface area contributed by atoms with Crippen molar-refractivity contribution in [3.05, 3.63) is 35.4 Å². The highest BCUT2D eigenvalue weighted by atomic mass is 28.4. The number of unbranched alkanes of at least 4 members (excludes halogenated alkanes) is 7. The van der Waals surface area contributed by atoms with Gasteiger partial charge in [0.2, 0.25) is 8.32 Å². The molecule has 33 heavy (non-hydrogen) atoms. The Labute approximate surface area is 207 Å². The summed E-state index contributed by atoms with van der Waals surface area (Å²) in [5.74, 6) is 2.94. The molecular weight excluding hydrogens is 420 g/mol. The number of hydrogen-bond donors (Lipinski definition) is 0. The van der Waals surface area contributed by atoms with E-state index in [-0.39, 0.29) is 5.04 Å². The van der Waals surface area contributed by atoms with E-state index in [0.29, 0.717) is 11.8 Å². The fraction of sp³-hybridized carbons (Fsp3) is 0.733. The van der Waals surface area contributed by atoms with Crippen LogP contribution in [-0.4, -0.2) is 14.9 Å². The van der Waals surface area contributed by atoms with Crippen molar-refractivity contribution in [3.8, 4) is 5.75 Å². The standard InChI is InChI=1S/C30H54O2Si/c1-11-12-13-14-15-16-17-18-22-31-29(28(24(2)3)25(4)5)26-20-19-21-27(23-26)32-33(9,10)30(6,7)8/h19-21,23-25H,11-18,22H2,1-10H3. The summed E-state index contributed by atoms with van der Waals surface area (Å²) in [7, 11) is -1.88. The molecule has 3 heteroatoms. The Hall–Kier alpha value is -1.22. The molecule has 0 unspecified atom stereocenters. The van der Waals surface area contributed by atoms with Crippen molar-refractivity contribution in [3.63, 3.8) is 0 Å². The van der Waals surface area contributed by atoms with Crippen molar-refractivity contribution in [1.82, 2.24) is 0 Å². The minimum absolute atomic E-state index is 0.176. The van der Waals surface area contributed by atoms with Crippen molar-refractivity contribution in [1.29, 1.82) is 0 Å². The quantitative estimate of drug-likeness (QED) is 0.143. The van der Waals surface area contributed by atoms with Gasteiger partial charge in [-0.15, -0.1) is 0 Å². The molecule has 0 amide bonds. The van der Waals surface area contributed by atoms with Crippen molar-refractivity contribution < 1.29 is 9.16 Å². The van der Waals surface area contributed by atoms with Crippen LogP contribution in [0, 0.1) is 11.8 Å². The van der Waals surface area contributed by atoms with Crippen LogP contribution in [0.25, 0.3) is 5.76 Å². The molecule has 0 bridgehead atoms. The molecule has 1 aromatic rings. The smallest absolute Gasteiger partial charge is 0.250 e. The van der Waals surface area contributed by atoms with E-state index in [1.807, 2.05) is 0 Å². The largest absolute Gasteiger partial charge is 0.543 e. The monoisotopic (exact) mass is 474 g/mol. The molecule has 0 fully saturated rings. The molecule has 0 atom stereocenters. The number of benzene rings is 1. The van der Waals surface area contributed by atoms with E-state index in [0.717, 1.165) is 30.1 Å². The minimum atomic E-state index is -1.88. The lowest BCUT2D eigenvalue weighted by Gasteiger charge is -2.36. The summed E-state index contributed by atoms with van der Waals surface area (Å²) in [6, 6.07) is 8.61. The zero-order valence-electron chi connectivity index (χ0n) is 23.6. The zero-order chi connectivity index (χ0) is 25.1. The van der Waals surface area contributed by atoms with E-state index >= 15 is 0 Å². The fourth-order valence-electron chi connectivity index (χ4n) is 4.08. The predicted octanol–water partition coefficient (Wildman–Crippen LogP) is 10.3. The third-order valence-corrected chi connectivity index (χ3v) is 11.4. The molecule has 0 spiro atoms. The van der Waals surface area contributed by atoms with Gasteiger partial charge in [0.15, 0.2) is 0 Å². The molecule has 2 nitrogen and oxygen atoms in total. The Morgan fingerprint density at radius 3 is 1.91 bits per heavy atom. The van der Waals surface area contributed by atoms with Crippen LogP contribution in [0.2, 0.25) is 18.1 Å². The van der Waals surface area contributed by atoms with E-state index in [2.05, 4.69) is 92.7 Å². The Morgan fingerprint density at radius 2 is 1.39 bits per heavy atom. The molecular formula is C30H54O2Si. The summed E-state index contributed by atoms with van der Waals surface area (Å²) >= 11 is 0. The molecule has 0 aliphatic rings. The first-order chi connectivity index (χ1) is 15.4. The van der Waals surface area contributed by atoms with Gasteiger partial charge in [0.05, 0.1) is 6.61 Å². The fourth-order valence-corrected chi connectivity index (χ4v) is 5.11. The maximum absolute atomic E-state index is 6.62. The first kappa shape index (κ1) is 29.8. The number of allylic oxidation sites excluding steroid dienone is 1. The van der Waals surface area contributed by atoms with Crippen LogP contribution in [0.15, 0.2) is 29.8 Å². The highest BCUT2D eigenvalue weighted by molar-refractivity contribution is 6.74. The Kier molecular flexibility index (Phi) is 12.9. The van der Waals surface area contributed by atoms with Gasteiger partial charge in [0.25, 0.3) is 0 Å². The predicted molar refractivity (Wildman–Crippen MR) is 149 cm³/mol. The first-order valence-corrected chi connectivity index (χ1v) is 16.5. The van der Waals surface area contributed by atoms with Crippen LogP contribution in [-0.2, 0) is 4.74 Å². The lowest BCUT2D eigenvalue weighted by Crippen LogP contribution is -2.43. The summed E-state index contributed by atoms with van der Waals surface area (Å²) in [5.41, 5.74) is 2.56. The molecule has 0 radical (unpaired) electrons. The van der Waals surface area contributed by atoms with Crippen LogP contribution in [0.3, 0.4) is 0 Å².